The van der Waals surface area contributed by atoms with Crippen LogP contribution < -0.4 is 0 Å². The molecule has 2 aromatic rings. The summed E-state index contributed by atoms with van der Waals surface area (Å²) < 4.78 is 15.7. The van der Waals surface area contributed by atoms with Crippen LogP contribution in [-0.4, -0.2) is 25.2 Å². The molecule has 0 bridgehead atoms. The zero-order valence-corrected chi connectivity index (χ0v) is 15.2. The van der Waals surface area contributed by atoms with Crippen LogP contribution >= 0.6 is 0 Å². The molecular weight excluding hydrogens is 332 g/mol. The van der Waals surface area contributed by atoms with Crippen LogP contribution in [0.3, 0.4) is 0 Å². The van der Waals surface area contributed by atoms with Crippen molar-refractivity contribution < 1.29 is 23.5 Å². The largest absolute Gasteiger partial charge is 0.463 e. The highest BCUT2D eigenvalue weighted by molar-refractivity contribution is 5.92. The zero-order chi connectivity index (χ0) is 18.9. The maximum atomic E-state index is 12.0. The maximum Gasteiger partial charge on any atom is 0.341 e. The average molecular weight is 354 g/mol. The molecular formula is C21H22O5. The molecule has 0 saturated carbocycles. The maximum absolute atomic E-state index is 12.0. The molecule has 1 aromatic carbocycles. The first-order valence-corrected chi connectivity index (χ1v) is 8.45. The summed E-state index contributed by atoms with van der Waals surface area (Å²) in [5.41, 5.74) is 2.02. The van der Waals surface area contributed by atoms with E-state index in [1.807, 2.05) is 30.3 Å². The van der Waals surface area contributed by atoms with Crippen molar-refractivity contribution in [1.82, 2.24) is 0 Å². The first-order chi connectivity index (χ1) is 12.6. The molecule has 5 heteroatoms. The minimum atomic E-state index is -0.422. The van der Waals surface area contributed by atoms with E-state index in [9.17, 15) is 9.59 Å². The number of hydrogen-bond donors (Lipinski definition) is 0. The molecule has 0 aliphatic carbocycles. The molecule has 0 N–H and O–H groups in total. The zero-order valence-electron chi connectivity index (χ0n) is 15.2. The van der Waals surface area contributed by atoms with Crippen LogP contribution in [0.2, 0.25) is 0 Å². The van der Waals surface area contributed by atoms with Crippen LogP contribution in [0.5, 0.6) is 0 Å². The van der Waals surface area contributed by atoms with E-state index in [2.05, 4.69) is 0 Å². The van der Waals surface area contributed by atoms with Gasteiger partial charge in [-0.05, 0) is 32.4 Å². The summed E-state index contributed by atoms with van der Waals surface area (Å²) in [5.74, 6) is 0.161. The minimum Gasteiger partial charge on any atom is -0.463 e. The number of allylic oxidation sites excluding steroid dienone is 2. The van der Waals surface area contributed by atoms with Gasteiger partial charge < -0.3 is 13.9 Å². The first kappa shape index (κ1) is 19.2. The van der Waals surface area contributed by atoms with Crippen molar-refractivity contribution in [2.45, 2.75) is 20.8 Å². The molecule has 0 amide bonds. The van der Waals surface area contributed by atoms with E-state index in [-0.39, 0.29) is 0 Å². The van der Waals surface area contributed by atoms with E-state index >= 15 is 0 Å². The molecule has 0 fully saturated rings. The second-order valence-corrected chi connectivity index (χ2v) is 5.36. The molecule has 0 unspecified atom stereocenters. The fourth-order valence-corrected chi connectivity index (χ4v) is 2.38. The number of carbonyl (C=O) groups excluding carboxylic acids is 2. The van der Waals surface area contributed by atoms with Crippen molar-refractivity contribution in [1.29, 1.82) is 0 Å². The number of carbonyl (C=O) groups is 2. The second-order valence-electron chi connectivity index (χ2n) is 5.36. The summed E-state index contributed by atoms with van der Waals surface area (Å²) in [7, 11) is 0. The van der Waals surface area contributed by atoms with Gasteiger partial charge in [-0.1, -0.05) is 42.5 Å². The highest BCUT2D eigenvalue weighted by Crippen LogP contribution is 2.28. The molecule has 0 saturated heterocycles. The lowest BCUT2D eigenvalue weighted by Crippen LogP contribution is -2.04. The molecule has 2 rings (SSSR count). The van der Waals surface area contributed by atoms with Gasteiger partial charge in [-0.25, -0.2) is 9.59 Å². The van der Waals surface area contributed by atoms with Gasteiger partial charge in [-0.3, -0.25) is 0 Å². The normalized spacial score (nSPS) is 11.6. The fraction of sp³-hybridized carbons (Fsp3) is 0.238. The number of benzene rings is 1. The number of furan rings is 1. The van der Waals surface area contributed by atoms with Gasteiger partial charge in [-0.15, -0.1) is 0 Å². The average Bonchev–Trinajstić information content (AvgIpc) is 3.01. The topological polar surface area (TPSA) is 65.7 Å². The number of esters is 2. The Labute approximate surface area is 152 Å². The monoisotopic (exact) mass is 354 g/mol. The summed E-state index contributed by atoms with van der Waals surface area (Å²) in [6.45, 7) is 5.83. The van der Waals surface area contributed by atoms with Gasteiger partial charge in [0.1, 0.15) is 17.1 Å². The standard InChI is InChI=1S/C21H22O5/c1-4-24-20(22)13-9-12-17(16-10-7-6-8-11-16)19-14-18(15(3)26-19)21(23)25-5-2/h6-14H,4-5H2,1-3H3/b13-9-,17-12+. The molecule has 136 valence electrons. The van der Waals surface area contributed by atoms with Gasteiger partial charge in [-0.2, -0.15) is 0 Å². The summed E-state index contributed by atoms with van der Waals surface area (Å²) >= 11 is 0. The summed E-state index contributed by atoms with van der Waals surface area (Å²) in [6.07, 6.45) is 4.69. The first-order valence-electron chi connectivity index (χ1n) is 8.45. The van der Waals surface area contributed by atoms with Crippen molar-refractivity contribution in [3.63, 3.8) is 0 Å². The molecule has 0 aliphatic rings. The molecule has 1 aromatic heterocycles. The Hall–Kier alpha value is -3.08. The molecule has 0 spiro atoms. The number of rotatable bonds is 7. The lowest BCUT2D eigenvalue weighted by atomic mass is 10.0. The van der Waals surface area contributed by atoms with Gasteiger partial charge in [0, 0.05) is 11.6 Å². The Morgan fingerprint density at radius 1 is 1.08 bits per heavy atom. The predicted octanol–water partition coefficient (Wildman–Crippen LogP) is 4.32. The molecule has 0 aliphatic heterocycles. The van der Waals surface area contributed by atoms with Crippen molar-refractivity contribution in [2.24, 2.45) is 0 Å². The molecule has 1 heterocycles. The molecule has 0 radical (unpaired) electrons. The van der Waals surface area contributed by atoms with Gasteiger partial charge in [0.2, 0.25) is 0 Å². The van der Waals surface area contributed by atoms with Crippen molar-refractivity contribution >= 4 is 17.5 Å². The summed E-state index contributed by atoms with van der Waals surface area (Å²) in [4.78, 5) is 23.5. The molecule has 5 nitrogen and oxygen atoms in total. The fourth-order valence-electron chi connectivity index (χ4n) is 2.38. The smallest absolute Gasteiger partial charge is 0.341 e. The lowest BCUT2D eigenvalue weighted by Gasteiger charge is -2.04. The van der Waals surface area contributed by atoms with E-state index in [1.54, 1.807) is 39.0 Å². The Kier molecular flexibility index (Phi) is 6.97. The lowest BCUT2D eigenvalue weighted by molar-refractivity contribution is -0.137. The Bertz CT molecular complexity index is 812. The van der Waals surface area contributed by atoms with Crippen molar-refractivity contribution in [3.05, 3.63) is 77.3 Å². The third-order valence-corrected chi connectivity index (χ3v) is 3.55. The van der Waals surface area contributed by atoms with Crippen molar-refractivity contribution in [3.8, 4) is 0 Å². The summed E-state index contributed by atoms with van der Waals surface area (Å²) in [5, 5.41) is 0. The summed E-state index contributed by atoms with van der Waals surface area (Å²) in [6, 6.07) is 11.2. The number of ether oxygens (including phenoxy) is 2. The van der Waals surface area contributed by atoms with E-state index in [0.29, 0.717) is 30.3 Å². The second kappa shape index (κ2) is 9.42. The van der Waals surface area contributed by atoms with Crippen LogP contribution in [0.4, 0.5) is 0 Å². The van der Waals surface area contributed by atoms with Crippen LogP contribution in [0.1, 0.15) is 41.3 Å². The van der Waals surface area contributed by atoms with E-state index in [1.165, 1.54) is 6.08 Å². The van der Waals surface area contributed by atoms with Gasteiger partial charge in [0.05, 0.1) is 13.2 Å². The SMILES string of the molecule is CCOC(=O)/C=C\C=C(/c1ccccc1)c1cc(C(=O)OCC)c(C)o1. The van der Waals surface area contributed by atoms with E-state index < -0.39 is 11.9 Å². The third kappa shape index (κ3) is 4.96. The van der Waals surface area contributed by atoms with Crippen LogP contribution in [0, 0.1) is 6.92 Å². The van der Waals surface area contributed by atoms with E-state index in [0.717, 1.165) is 11.1 Å². The Morgan fingerprint density at radius 2 is 1.77 bits per heavy atom. The Morgan fingerprint density at radius 3 is 2.42 bits per heavy atom. The highest BCUT2D eigenvalue weighted by atomic mass is 16.5. The minimum absolute atomic E-state index is 0.294. The third-order valence-electron chi connectivity index (χ3n) is 3.55. The quantitative estimate of drug-likeness (QED) is 0.421. The van der Waals surface area contributed by atoms with Gasteiger partial charge in [0.15, 0.2) is 0 Å². The van der Waals surface area contributed by atoms with Gasteiger partial charge in [0.25, 0.3) is 0 Å². The van der Waals surface area contributed by atoms with Crippen LogP contribution in [0.25, 0.3) is 5.57 Å². The van der Waals surface area contributed by atoms with Crippen molar-refractivity contribution in [2.75, 3.05) is 13.2 Å². The number of aryl methyl sites for hydroxylation is 1. The Balaban J connectivity index is 2.41. The molecule has 26 heavy (non-hydrogen) atoms. The number of hydrogen-bond acceptors (Lipinski definition) is 5. The predicted molar refractivity (Wildman–Crippen MR) is 98.7 cm³/mol. The van der Waals surface area contributed by atoms with Crippen LogP contribution in [-0.2, 0) is 14.3 Å². The highest BCUT2D eigenvalue weighted by Gasteiger charge is 2.18. The van der Waals surface area contributed by atoms with Crippen LogP contribution in [0.15, 0.2) is 59.0 Å². The van der Waals surface area contributed by atoms with E-state index in [4.69, 9.17) is 13.9 Å². The van der Waals surface area contributed by atoms with Gasteiger partial charge >= 0.3 is 11.9 Å². The molecule has 0 atom stereocenters.